The van der Waals surface area contributed by atoms with Crippen molar-refractivity contribution >= 4 is 33.4 Å². The number of aromatic amines is 1. The van der Waals surface area contributed by atoms with Gasteiger partial charge in [-0.1, -0.05) is 115 Å². The number of esters is 1. The highest BCUT2D eigenvalue weighted by molar-refractivity contribution is 5.90. The molecule has 0 fully saturated rings. The third kappa shape index (κ3) is 7.04. The number of rotatable bonds is 12. The molecule has 0 saturated carbocycles. The fraction of sp³-hybridized carbons (Fsp3) is 0.184. The molecule has 0 aliphatic heterocycles. The number of aromatic nitrogens is 2. The second-order valence-electron chi connectivity index (χ2n) is 11.1. The highest BCUT2D eigenvalue weighted by Crippen LogP contribution is 2.26. The first-order chi connectivity index (χ1) is 21.6. The van der Waals surface area contributed by atoms with E-state index in [9.17, 15) is 9.59 Å². The van der Waals surface area contributed by atoms with Gasteiger partial charge in [0.2, 0.25) is 5.91 Å². The zero-order valence-corrected chi connectivity index (χ0v) is 24.5. The zero-order valence-electron chi connectivity index (χ0n) is 24.5. The summed E-state index contributed by atoms with van der Waals surface area (Å²) >= 11 is 0. The van der Waals surface area contributed by atoms with E-state index < -0.39 is 17.9 Å². The number of carbonyl (C=O) groups is 2. The number of H-pyrrole nitrogens is 1. The van der Waals surface area contributed by atoms with Crippen molar-refractivity contribution in [3.63, 3.8) is 0 Å². The predicted molar refractivity (Wildman–Crippen MR) is 174 cm³/mol. The molecular weight excluding hydrogens is 546 g/mol. The average Bonchev–Trinajstić information content (AvgIpc) is 3.58. The van der Waals surface area contributed by atoms with Gasteiger partial charge >= 0.3 is 5.97 Å². The van der Waals surface area contributed by atoms with Crippen LogP contribution in [0, 0.1) is 5.92 Å². The Morgan fingerprint density at radius 2 is 1.30 bits per heavy atom. The molecule has 1 atom stereocenters. The summed E-state index contributed by atoms with van der Waals surface area (Å²) in [5.74, 6) is -1.07. The van der Waals surface area contributed by atoms with Gasteiger partial charge in [-0.2, -0.15) is 0 Å². The number of benzene rings is 5. The number of fused-ring (bicyclic) bond motifs is 2. The van der Waals surface area contributed by atoms with Gasteiger partial charge < -0.3 is 15.0 Å². The Balaban J connectivity index is 1.27. The van der Waals surface area contributed by atoms with Crippen molar-refractivity contribution < 1.29 is 14.3 Å². The standard InChI is InChI=1S/C38H35N3O3/c42-37(41-36(24-33-25-39-26-40-33)38(43)44-21-20-27-10-2-1-3-11-27)32(22-30-16-8-14-28-12-4-6-18-34(28)30)23-31-17-9-15-29-13-5-7-19-35(29)31/h1-19,25-26,32,36H,20-24H2,(H,39,40)(H,41,42)/t36-/m0/s1. The maximum atomic E-state index is 14.2. The first kappa shape index (κ1) is 28.9. The molecule has 1 amide bonds. The van der Waals surface area contributed by atoms with E-state index >= 15 is 0 Å². The summed E-state index contributed by atoms with van der Waals surface area (Å²) in [4.78, 5) is 34.8. The topological polar surface area (TPSA) is 84.1 Å². The van der Waals surface area contributed by atoms with Crippen molar-refractivity contribution in [2.24, 2.45) is 5.92 Å². The van der Waals surface area contributed by atoms with Crippen LogP contribution >= 0.6 is 0 Å². The number of carbonyl (C=O) groups excluding carboxylic acids is 2. The molecule has 5 aromatic carbocycles. The molecule has 6 rings (SSSR count). The van der Waals surface area contributed by atoms with Crippen LogP contribution in [0.15, 0.2) is 128 Å². The molecule has 1 heterocycles. The highest BCUT2D eigenvalue weighted by Gasteiger charge is 2.28. The molecule has 6 nitrogen and oxygen atoms in total. The lowest BCUT2D eigenvalue weighted by Crippen LogP contribution is -2.46. The summed E-state index contributed by atoms with van der Waals surface area (Å²) in [6.45, 7) is 0.230. The molecule has 0 aliphatic carbocycles. The summed E-state index contributed by atoms with van der Waals surface area (Å²) < 4.78 is 5.70. The molecular formula is C38H35N3O3. The molecule has 0 unspecified atom stereocenters. The number of hydrogen-bond donors (Lipinski definition) is 2. The lowest BCUT2D eigenvalue weighted by Gasteiger charge is -2.23. The van der Waals surface area contributed by atoms with E-state index in [-0.39, 0.29) is 18.9 Å². The second-order valence-corrected chi connectivity index (χ2v) is 11.1. The normalized spacial score (nSPS) is 11.9. The molecule has 220 valence electrons. The largest absolute Gasteiger partial charge is 0.464 e. The monoisotopic (exact) mass is 581 g/mol. The van der Waals surface area contributed by atoms with Crippen LogP contribution in [0.1, 0.15) is 22.4 Å². The summed E-state index contributed by atoms with van der Waals surface area (Å²) in [6.07, 6.45) is 5.14. The zero-order chi connectivity index (χ0) is 30.1. The Hall–Kier alpha value is -5.23. The second kappa shape index (κ2) is 13.8. The summed E-state index contributed by atoms with van der Waals surface area (Å²) in [5.41, 5.74) is 4.02. The minimum absolute atomic E-state index is 0.185. The Morgan fingerprint density at radius 3 is 1.91 bits per heavy atom. The number of nitrogens with one attached hydrogen (secondary N) is 2. The van der Waals surface area contributed by atoms with Crippen molar-refractivity contribution in [3.05, 3.63) is 150 Å². The van der Waals surface area contributed by atoms with E-state index in [1.165, 1.54) is 0 Å². The van der Waals surface area contributed by atoms with Gasteiger partial charge in [-0.15, -0.1) is 0 Å². The smallest absolute Gasteiger partial charge is 0.329 e. The Kier molecular flexibility index (Phi) is 9.07. The first-order valence-corrected chi connectivity index (χ1v) is 15.1. The molecule has 0 bridgehead atoms. The number of hydrogen-bond acceptors (Lipinski definition) is 4. The van der Waals surface area contributed by atoms with E-state index in [4.69, 9.17) is 4.74 Å². The number of amides is 1. The third-order valence-corrected chi connectivity index (χ3v) is 8.12. The lowest BCUT2D eigenvalue weighted by atomic mass is 9.87. The van der Waals surface area contributed by atoms with Gasteiger partial charge in [-0.25, -0.2) is 9.78 Å². The van der Waals surface area contributed by atoms with E-state index in [1.54, 1.807) is 12.5 Å². The van der Waals surface area contributed by atoms with E-state index in [0.717, 1.165) is 43.9 Å². The van der Waals surface area contributed by atoms with Crippen molar-refractivity contribution in [1.29, 1.82) is 0 Å². The molecule has 44 heavy (non-hydrogen) atoms. The molecule has 0 saturated heterocycles. The fourth-order valence-electron chi connectivity index (χ4n) is 5.84. The Labute approximate surface area is 257 Å². The van der Waals surface area contributed by atoms with E-state index in [0.29, 0.717) is 19.3 Å². The van der Waals surface area contributed by atoms with Crippen molar-refractivity contribution in [1.82, 2.24) is 15.3 Å². The average molecular weight is 582 g/mol. The van der Waals surface area contributed by atoms with Crippen molar-refractivity contribution in [2.45, 2.75) is 31.7 Å². The first-order valence-electron chi connectivity index (χ1n) is 15.1. The van der Waals surface area contributed by atoms with Gasteiger partial charge in [0, 0.05) is 30.7 Å². The lowest BCUT2D eigenvalue weighted by molar-refractivity contribution is -0.148. The van der Waals surface area contributed by atoms with Crippen LogP contribution in [0.3, 0.4) is 0 Å². The van der Waals surface area contributed by atoms with Crippen LogP contribution in [-0.4, -0.2) is 34.5 Å². The van der Waals surface area contributed by atoms with Crippen LogP contribution in [0.4, 0.5) is 0 Å². The van der Waals surface area contributed by atoms with Gasteiger partial charge in [0.05, 0.1) is 12.9 Å². The van der Waals surface area contributed by atoms with Gasteiger partial charge in [0.15, 0.2) is 0 Å². The predicted octanol–water partition coefficient (Wildman–Crippen LogP) is 6.63. The van der Waals surface area contributed by atoms with Crippen LogP contribution in [0.5, 0.6) is 0 Å². The maximum absolute atomic E-state index is 14.2. The van der Waals surface area contributed by atoms with Gasteiger partial charge in [-0.3, -0.25) is 4.79 Å². The van der Waals surface area contributed by atoms with E-state index in [1.807, 2.05) is 66.7 Å². The van der Waals surface area contributed by atoms with Crippen LogP contribution in [0.25, 0.3) is 21.5 Å². The van der Waals surface area contributed by atoms with Crippen molar-refractivity contribution in [2.75, 3.05) is 6.61 Å². The van der Waals surface area contributed by atoms with Crippen LogP contribution in [-0.2, 0) is 40.0 Å². The summed E-state index contributed by atoms with van der Waals surface area (Å²) in [5, 5.41) is 7.59. The van der Waals surface area contributed by atoms with Gasteiger partial charge in [0.1, 0.15) is 6.04 Å². The van der Waals surface area contributed by atoms with E-state index in [2.05, 4.69) is 63.8 Å². The third-order valence-electron chi connectivity index (χ3n) is 8.12. The molecule has 0 aliphatic rings. The maximum Gasteiger partial charge on any atom is 0.329 e. The number of ether oxygens (including phenoxy) is 1. The minimum Gasteiger partial charge on any atom is -0.464 e. The number of imidazole rings is 1. The van der Waals surface area contributed by atoms with Gasteiger partial charge in [0.25, 0.3) is 0 Å². The molecule has 0 spiro atoms. The minimum atomic E-state index is -0.860. The fourth-order valence-corrected chi connectivity index (χ4v) is 5.84. The number of nitrogens with zero attached hydrogens (tertiary/aromatic N) is 1. The van der Waals surface area contributed by atoms with Gasteiger partial charge in [-0.05, 0) is 51.1 Å². The Bertz CT molecular complexity index is 1760. The summed E-state index contributed by atoms with van der Waals surface area (Å²) in [7, 11) is 0. The SMILES string of the molecule is O=C(N[C@@H](Cc1cnc[nH]1)C(=O)OCCc1ccccc1)C(Cc1cccc2ccccc12)Cc1cccc2ccccc12. The summed E-state index contributed by atoms with van der Waals surface area (Å²) in [6, 6.07) is 37.9. The molecule has 1 aromatic heterocycles. The molecule has 6 heteroatoms. The molecule has 6 aromatic rings. The highest BCUT2D eigenvalue weighted by atomic mass is 16.5. The quantitative estimate of drug-likeness (QED) is 0.159. The van der Waals surface area contributed by atoms with Crippen LogP contribution in [0.2, 0.25) is 0 Å². The molecule has 2 N–H and O–H groups in total. The van der Waals surface area contributed by atoms with Crippen LogP contribution < -0.4 is 5.32 Å². The van der Waals surface area contributed by atoms with Crippen molar-refractivity contribution in [3.8, 4) is 0 Å². The Morgan fingerprint density at radius 1 is 0.705 bits per heavy atom. The molecule has 0 radical (unpaired) electrons.